The maximum absolute atomic E-state index is 12.5. The minimum atomic E-state index is -4.42. The Kier molecular flexibility index (Phi) is 4.41. The maximum Gasteiger partial charge on any atom is 0.406 e. The third-order valence-corrected chi connectivity index (χ3v) is 3.33. The summed E-state index contributed by atoms with van der Waals surface area (Å²) in [5.41, 5.74) is 6.44. The average Bonchev–Trinajstić information content (AvgIpc) is 3.21. The molecule has 3 N–H and O–H groups in total. The molecule has 1 aliphatic rings. The number of benzene rings is 1. The molecular formula is C14H17F3N2O2. The molecule has 1 aliphatic carbocycles. The Morgan fingerprint density at radius 2 is 1.90 bits per heavy atom. The van der Waals surface area contributed by atoms with E-state index < -0.39 is 24.7 Å². The molecule has 1 aromatic rings. The van der Waals surface area contributed by atoms with Gasteiger partial charge in [0.05, 0.1) is 6.04 Å². The zero-order valence-electron chi connectivity index (χ0n) is 11.3. The molecule has 0 radical (unpaired) electrons. The first-order valence-electron chi connectivity index (χ1n) is 6.67. The van der Waals surface area contributed by atoms with Gasteiger partial charge in [-0.15, -0.1) is 0 Å². The monoisotopic (exact) mass is 302 g/mol. The van der Waals surface area contributed by atoms with E-state index >= 15 is 0 Å². The number of carbonyl (C=O) groups excluding carboxylic acids is 1. The molecule has 1 saturated carbocycles. The van der Waals surface area contributed by atoms with E-state index in [-0.39, 0.29) is 18.2 Å². The molecule has 0 aliphatic heterocycles. The molecule has 1 aromatic carbocycles. The number of phenolic OH excluding ortho intramolecular Hbond substituents is 1. The number of hydrogen-bond acceptors (Lipinski definition) is 3. The van der Waals surface area contributed by atoms with E-state index in [1.54, 1.807) is 12.1 Å². The standard InChI is InChI=1S/C14H17F3N2O2/c15-14(16,17)8-19(10-3-4-10)13(21)12(18)7-9-1-5-11(20)6-2-9/h1-2,5-6,10,12,20H,3-4,7-8,18H2/t12-/m1/s1. The second-order valence-electron chi connectivity index (χ2n) is 5.29. The van der Waals surface area contributed by atoms with Crippen molar-refractivity contribution < 1.29 is 23.1 Å². The van der Waals surface area contributed by atoms with Crippen molar-refractivity contribution in [3.05, 3.63) is 29.8 Å². The highest BCUT2D eigenvalue weighted by Gasteiger charge is 2.41. The zero-order chi connectivity index (χ0) is 15.6. The Morgan fingerprint density at radius 1 is 1.33 bits per heavy atom. The van der Waals surface area contributed by atoms with Gasteiger partial charge in [-0.05, 0) is 37.0 Å². The van der Waals surface area contributed by atoms with Crippen molar-refractivity contribution in [2.75, 3.05) is 6.54 Å². The minimum Gasteiger partial charge on any atom is -0.508 e. The van der Waals surface area contributed by atoms with Gasteiger partial charge in [-0.1, -0.05) is 12.1 Å². The number of hydrogen-bond donors (Lipinski definition) is 2. The van der Waals surface area contributed by atoms with Crippen LogP contribution < -0.4 is 5.73 Å². The highest BCUT2D eigenvalue weighted by Crippen LogP contribution is 2.30. The van der Waals surface area contributed by atoms with Gasteiger partial charge < -0.3 is 15.7 Å². The molecule has 1 atom stereocenters. The largest absolute Gasteiger partial charge is 0.508 e. The SMILES string of the molecule is N[C@H](Cc1ccc(O)cc1)C(=O)N(CC(F)(F)F)C1CC1. The van der Waals surface area contributed by atoms with Crippen LogP contribution in [0.3, 0.4) is 0 Å². The van der Waals surface area contributed by atoms with Gasteiger partial charge in [0.15, 0.2) is 0 Å². The number of halogens is 3. The molecule has 4 nitrogen and oxygen atoms in total. The minimum absolute atomic E-state index is 0.0790. The molecule has 1 fully saturated rings. The lowest BCUT2D eigenvalue weighted by Crippen LogP contribution is -2.49. The lowest BCUT2D eigenvalue weighted by molar-refractivity contribution is -0.163. The van der Waals surface area contributed by atoms with Gasteiger partial charge in [-0.25, -0.2) is 0 Å². The van der Waals surface area contributed by atoms with Crippen molar-refractivity contribution in [1.82, 2.24) is 4.90 Å². The third kappa shape index (κ3) is 4.63. The molecule has 116 valence electrons. The Bertz CT molecular complexity index is 498. The first kappa shape index (κ1) is 15.6. The lowest BCUT2D eigenvalue weighted by Gasteiger charge is -2.26. The smallest absolute Gasteiger partial charge is 0.406 e. The fourth-order valence-electron chi connectivity index (χ4n) is 2.15. The van der Waals surface area contributed by atoms with Gasteiger partial charge in [0, 0.05) is 6.04 Å². The topological polar surface area (TPSA) is 66.6 Å². The summed E-state index contributed by atoms with van der Waals surface area (Å²) in [6, 6.07) is 4.71. The molecule has 0 bridgehead atoms. The average molecular weight is 302 g/mol. The molecular weight excluding hydrogens is 285 g/mol. The summed E-state index contributed by atoms with van der Waals surface area (Å²) in [6.45, 7) is -1.25. The quantitative estimate of drug-likeness (QED) is 0.872. The molecule has 0 unspecified atom stereocenters. The number of phenols is 1. The number of alkyl halides is 3. The van der Waals surface area contributed by atoms with Crippen molar-refractivity contribution in [1.29, 1.82) is 0 Å². The van der Waals surface area contributed by atoms with Gasteiger partial charge in [0.2, 0.25) is 5.91 Å². The number of aromatic hydroxyl groups is 1. The Balaban J connectivity index is 2.00. The Labute approximate surface area is 120 Å². The van der Waals surface area contributed by atoms with Crippen LogP contribution in [0.4, 0.5) is 13.2 Å². The summed E-state index contributed by atoms with van der Waals surface area (Å²) >= 11 is 0. The van der Waals surface area contributed by atoms with Crippen LogP contribution in [0.5, 0.6) is 5.75 Å². The third-order valence-electron chi connectivity index (χ3n) is 3.33. The van der Waals surface area contributed by atoms with E-state index in [4.69, 9.17) is 10.8 Å². The highest BCUT2D eigenvalue weighted by atomic mass is 19.4. The van der Waals surface area contributed by atoms with Crippen molar-refractivity contribution in [3.63, 3.8) is 0 Å². The molecule has 1 amide bonds. The summed E-state index contributed by atoms with van der Waals surface area (Å²) in [5, 5.41) is 9.17. The molecule has 7 heteroatoms. The molecule has 0 saturated heterocycles. The predicted molar refractivity (Wildman–Crippen MR) is 70.6 cm³/mol. The van der Waals surface area contributed by atoms with E-state index in [9.17, 15) is 18.0 Å². The fraction of sp³-hybridized carbons (Fsp3) is 0.500. The lowest BCUT2D eigenvalue weighted by atomic mass is 10.1. The first-order chi connectivity index (χ1) is 9.76. The maximum atomic E-state index is 12.5. The summed E-state index contributed by atoms with van der Waals surface area (Å²) in [6.07, 6.45) is -3.10. The van der Waals surface area contributed by atoms with Crippen LogP contribution in [0.25, 0.3) is 0 Å². The van der Waals surface area contributed by atoms with Gasteiger partial charge in [-0.2, -0.15) is 13.2 Å². The van der Waals surface area contributed by atoms with Crippen LogP contribution in [-0.4, -0.2) is 40.7 Å². The number of rotatable bonds is 5. The second-order valence-corrected chi connectivity index (χ2v) is 5.29. The van der Waals surface area contributed by atoms with Gasteiger partial charge in [-0.3, -0.25) is 4.79 Å². The van der Waals surface area contributed by atoms with Gasteiger partial charge in [0.25, 0.3) is 0 Å². The van der Waals surface area contributed by atoms with E-state index in [0.717, 1.165) is 4.90 Å². The summed E-state index contributed by atoms with van der Waals surface area (Å²) in [7, 11) is 0. The Hall–Kier alpha value is -1.76. The first-order valence-corrected chi connectivity index (χ1v) is 6.67. The van der Waals surface area contributed by atoms with Crippen molar-refractivity contribution in [2.45, 2.75) is 37.5 Å². The van der Waals surface area contributed by atoms with E-state index in [1.165, 1.54) is 12.1 Å². The van der Waals surface area contributed by atoms with E-state index in [0.29, 0.717) is 18.4 Å². The summed E-state index contributed by atoms with van der Waals surface area (Å²) < 4.78 is 37.6. The molecule has 0 spiro atoms. The van der Waals surface area contributed by atoms with Crippen LogP contribution in [-0.2, 0) is 11.2 Å². The molecule has 21 heavy (non-hydrogen) atoms. The van der Waals surface area contributed by atoms with Crippen LogP contribution in [0.15, 0.2) is 24.3 Å². The normalized spacial score (nSPS) is 16.6. The number of nitrogens with zero attached hydrogens (tertiary/aromatic N) is 1. The summed E-state index contributed by atoms with van der Waals surface area (Å²) in [5.74, 6) is -0.599. The highest BCUT2D eigenvalue weighted by molar-refractivity contribution is 5.82. The van der Waals surface area contributed by atoms with E-state index in [1.807, 2.05) is 0 Å². The fourth-order valence-corrected chi connectivity index (χ4v) is 2.15. The second kappa shape index (κ2) is 5.93. The van der Waals surface area contributed by atoms with Gasteiger partial charge in [0.1, 0.15) is 12.3 Å². The van der Waals surface area contributed by atoms with Crippen LogP contribution in [0.1, 0.15) is 18.4 Å². The number of amides is 1. The Morgan fingerprint density at radius 3 is 2.38 bits per heavy atom. The van der Waals surface area contributed by atoms with Crippen molar-refractivity contribution in [3.8, 4) is 5.75 Å². The predicted octanol–water partition coefficient (Wildman–Crippen LogP) is 1.82. The van der Waals surface area contributed by atoms with Crippen LogP contribution in [0, 0.1) is 0 Å². The summed E-state index contributed by atoms with van der Waals surface area (Å²) in [4.78, 5) is 13.0. The molecule has 0 heterocycles. The van der Waals surface area contributed by atoms with Crippen LogP contribution in [0.2, 0.25) is 0 Å². The van der Waals surface area contributed by atoms with E-state index in [2.05, 4.69) is 0 Å². The zero-order valence-corrected chi connectivity index (χ0v) is 11.3. The molecule has 0 aromatic heterocycles. The number of carbonyl (C=O) groups is 1. The molecule has 2 rings (SSSR count). The van der Waals surface area contributed by atoms with Gasteiger partial charge >= 0.3 is 6.18 Å². The number of nitrogens with two attached hydrogens (primary N) is 1. The van der Waals surface area contributed by atoms with Crippen molar-refractivity contribution in [2.24, 2.45) is 5.73 Å². The van der Waals surface area contributed by atoms with Crippen LogP contribution >= 0.6 is 0 Å². The van der Waals surface area contributed by atoms with Crippen molar-refractivity contribution >= 4 is 5.91 Å².